The third kappa shape index (κ3) is 2.94. The van der Waals surface area contributed by atoms with Crippen LogP contribution < -0.4 is 0 Å². The highest BCUT2D eigenvalue weighted by molar-refractivity contribution is 6.33. The Morgan fingerprint density at radius 2 is 2.12 bits per heavy atom. The summed E-state index contributed by atoms with van der Waals surface area (Å²) in [5.74, 6) is -0.650. The van der Waals surface area contributed by atoms with E-state index < -0.39 is 10.9 Å². The first-order chi connectivity index (χ1) is 8.01. The molecule has 0 atom stereocenters. The Balaban J connectivity index is 3.29. The molecule has 0 amide bonds. The largest absolute Gasteiger partial charge is 0.462 e. The first kappa shape index (κ1) is 13.4. The van der Waals surface area contributed by atoms with E-state index in [1.54, 1.807) is 13.8 Å². The van der Waals surface area contributed by atoms with Crippen molar-refractivity contribution in [3.05, 3.63) is 38.4 Å². The van der Waals surface area contributed by atoms with Gasteiger partial charge in [0.15, 0.2) is 0 Å². The maximum Gasteiger partial charge on any atom is 0.339 e. The van der Waals surface area contributed by atoms with E-state index in [-0.39, 0.29) is 22.9 Å². The van der Waals surface area contributed by atoms with Crippen molar-refractivity contribution in [1.29, 1.82) is 0 Å². The molecule has 0 fully saturated rings. The van der Waals surface area contributed by atoms with Crippen molar-refractivity contribution in [2.75, 3.05) is 6.61 Å². The number of benzene rings is 1. The predicted molar refractivity (Wildman–Crippen MR) is 63.4 cm³/mol. The minimum absolute atomic E-state index is 0.0254. The van der Waals surface area contributed by atoms with Crippen molar-refractivity contribution in [2.45, 2.75) is 20.3 Å². The molecule has 0 aliphatic carbocycles. The van der Waals surface area contributed by atoms with Crippen molar-refractivity contribution in [3.63, 3.8) is 0 Å². The van der Waals surface area contributed by atoms with Gasteiger partial charge in [-0.25, -0.2) is 4.79 Å². The molecule has 1 aromatic rings. The number of hydrogen-bond donors (Lipinski definition) is 0. The molecule has 0 N–H and O–H groups in total. The van der Waals surface area contributed by atoms with Gasteiger partial charge in [-0.2, -0.15) is 0 Å². The van der Waals surface area contributed by atoms with E-state index in [1.807, 2.05) is 0 Å². The van der Waals surface area contributed by atoms with E-state index in [4.69, 9.17) is 16.3 Å². The number of esters is 1. The standard InChI is InChI=1S/C11H12ClNO4/c1-3-7-5-9(12)8(11(14)17-4-2)6-10(7)13(15)16/h5-6H,3-4H2,1-2H3. The number of nitro groups is 1. The lowest BCUT2D eigenvalue weighted by molar-refractivity contribution is -0.385. The SMILES string of the molecule is CCOC(=O)c1cc([N+](=O)[O-])c(CC)cc1Cl. The van der Waals surface area contributed by atoms with Crippen molar-refractivity contribution >= 4 is 23.3 Å². The van der Waals surface area contributed by atoms with Crippen LogP contribution in [0.3, 0.4) is 0 Å². The zero-order chi connectivity index (χ0) is 13.0. The monoisotopic (exact) mass is 257 g/mol. The van der Waals surface area contributed by atoms with Gasteiger partial charge in [-0.05, 0) is 19.4 Å². The summed E-state index contributed by atoms with van der Waals surface area (Å²) in [4.78, 5) is 21.8. The van der Waals surface area contributed by atoms with Crippen LogP contribution in [-0.4, -0.2) is 17.5 Å². The van der Waals surface area contributed by atoms with Gasteiger partial charge in [0.05, 0.1) is 22.1 Å². The molecule has 6 heteroatoms. The van der Waals surface area contributed by atoms with Gasteiger partial charge in [-0.15, -0.1) is 0 Å². The lowest BCUT2D eigenvalue weighted by Crippen LogP contribution is -2.07. The van der Waals surface area contributed by atoms with Gasteiger partial charge < -0.3 is 4.74 Å². The predicted octanol–water partition coefficient (Wildman–Crippen LogP) is 2.99. The Bertz CT molecular complexity index is 459. The fraction of sp³-hybridized carbons (Fsp3) is 0.364. The minimum atomic E-state index is -0.650. The van der Waals surface area contributed by atoms with Crippen molar-refractivity contribution < 1.29 is 14.5 Å². The molecule has 1 aromatic carbocycles. The van der Waals surface area contributed by atoms with Gasteiger partial charge in [-0.3, -0.25) is 10.1 Å². The molecule has 0 aliphatic heterocycles. The fourth-order valence-corrected chi connectivity index (χ4v) is 1.68. The van der Waals surface area contributed by atoms with E-state index in [0.29, 0.717) is 12.0 Å². The van der Waals surface area contributed by atoms with Gasteiger partial charge in [0, 0.05) is 11.6 Å². The van der Waals surface area contributed by atoms with E-state index in [2.05, 4.69) is 0 Å². The van der Waals surface area contributed by atoms with Crippen molar-refractivity contribution in [1.82, 2.24) is 0 Å². The van der Waals surface area contributed by atoms with Gasteiger partial charge in [0.2, 0.25) is 0 Å². The summed E-state index contributed by atoms with van der Waals surface area (Å²) in [5, 5.41) is 11.0. The zero-order valence-electron chi connectivity index (χ0n) is 9.53. The topological polar surface area (TPSA) is 69.4 Å². The zero-order valence-corrected chi connectivity index (χ0v) is 10.3. The Morgan fingerprint density at radius 1 is 1.47 bits per heavy atom. The maximum absolute atomic E-state index is 11.5. The lowest BCUT2D eigenvalue weighted by atomic mass is 10.1. The van der Waals surface area contributed by atoms with E-state index >= 15 is 0 Å². The number of hydrogen-bond acceptors (Lipinski definition) is 4. The van der Waals surface area contributed by atoms with Crippen LogP contribution in [0.4, 0.5) is 5.69 Å². The van der Waals surface area contributed by atoms with Crippen LogP contribution in [0.5, 0.6) is 0 Å². The molecule has 0 aliphatic rings. The molecule has 0 bridgehead atoms. The number of nitrogens with zero attached hydrogens (tertiary/aromatic N) is 1. The highest BCUT2D eigenvalue weighted by Gasteiger charge is 2.20. The quantitative estimate of drug-likeness (QED) is 0.472. The number of ether oxygens (including phenoxy) is 1. The second-order valence-electron chi connectivity index (χ2n) is 3.29. The highest BCUT2D eigenvalue weighted by atomic mass is 35.5. The van der Waals surface area contributed by atoms with Crippen LogP contribution in [0.1, 0.15) is 29.8 Å². The molecule has 0 unspecified atom stereocenters. The minimum Gasteiger partial charge on any atom is -0.462 e. The third-order valence-corrected chi connectivity index (χ3v) is 2.55. The highest BCUT2D eigenvalue weighted by Crippen LogP contribution is 2.28. The van der Waals surface area contributed by atoms with Crippen LogP contribution in [0.25, 0.3) is 0 Å². The Morgan fingerprint density at radius 3 is 2.59 bits per heavy atom. The maximum atomic E-state index is 11.5. The van der Waals surface area contributed by atoms with E-state index in [1.165, 1.54) is 12.1 Å². The second kappa shape index (κ2) is 5.63. The number of carbonyl (C=O) groups is 1. The van der Waals surface area contributed by atoms with Crippen LogP contribution in [0, 0.1) is 10.1 Å². The third-order valence-electron chi connectivity index (χ3n) is 2.24. The van der Waals surface area contributed by atoms with Crippen LogP contribution >= 0.6 is 11.6 Å². The smallest absolute Gasteiger partial charge is 0.339 e. The van der Waals surface area contributed by atoms with Gasteiger partial charge in [-0.1, -0.05) is 18.5 Å². The Kier molecular flexibility index (Phi) is 4.45. The summed E-state index contributed by atoms with van der Waals surface area (Å²) in [6.07, 6.45) is 0.471. The molecule has 0 heterocycles. The summed E-state index contributed by atoms with van der Waals surface area (Å²) in [6, 6.07) is 2.60. The second-order valence-corrected chi connectivity index (χ2v) is 3.70. The summed E-state index contributed by atoms with van der Waals surface area (Å²) in [6.45, 7) is 3.63. The van der Waals surface area contributed by atoms with Crippen molar-refractivity contribution in [2.24, 2.45) is 0 Å². The molecule has 0 aromatic heterocycles. The molecule has 17 heavy (non-hydrogen) atoms. The summed E-state index contributed by atoms with van der Waals surface area (Å²) in [5.41, 5.74) is 0.408. The van der Waals surface area contributed by atoms with Gasteiger partial charge in [0.1, 0.15) is 0 Å². The van der Waals surface area contributed by atoms with E-state index in [0.717, 1.165) is 0 Å². The molecule has 0 radical (unpaired) electrons. The first-order valence-electron chi connectivity index (χ1n) is 5.15. The van der Waals surface area contributed by atoms with Gasteiger partial charge in [0.25, 0.3) is 5.69 Å². The molecular formula is C11H12ClNO4. The number of rotatable bonds is 4. The molecule has 5 nitrogen and oxygen atoms in total. The van der Waals surface area contributed by atoms with Crippen LogP contribution in [-0.2, 0) is 11.2 Å². The van der Waals surface area contributed by atoms with Crippen LogP contribution in [0.2, 0.25) is 5.02 Å². The van der Waals surface area contributed by atoms with Gasteiger partial charge >= 0.3 is 5.97 Å². The number of nitro benzene ring substituents is 1. The molecule has 0 saturated heterocycles. The van der Waals surface area contributed by atoms with Crippen molar-refractivity contribution in [3.8, 4) is 0 Å². The molecule has 92 valence electrons. The fourth-order valence-electron chi connectivity index (χ4n) is 1.42. The summed E-state index contributed by atoms with van der Waals surface area (Å²) >= 11 is 5.89. The summed E-state index contributed by atoms with van der Waals surface area (Å²) < 4.78 is 4.77. The lowest BCUT2D eigenvalue weighted by Gasteiger charge is -2.06. The Hall–Kier alpha value is -1.62. The molecule has 1 rings (SSSR count). The summed E-state index contributed by atoms with van der Waals surface area (Å²) in [7, 11) is 0. The number of halogens is 1. The average molecular weight is 258 g/mol. The number of carbonyl (C=O) groups excluding carboxylic acids is 1. The van der Waals surface area contributed by atoms with Crippen LogP contribution in [0.15, 0.2) is 12.1 Å². The molecule has 0 spiro atoms. The Labute approximate surface area is 103 Å². The molecule has 0 saturated carbocycles. The molecular weight excluding hydrogens is 246 g/mol. The number of aryl methyl sites for hydroxylation is 1. The first-order valence-corrected chi connectivity index (χ1v) is 5.53. The normalized spacial score (nSPS) is 10.1. The average Bonchev–Trinajstić information content (AvgIpc) is 2.28. The van der Waals surface area contributed by atoms with E-state index in [9.17, 15) is 14.9 Å².